The maximum absolute atomic E-state index is 12.7. The Kier molecular flexibility index (Phi) is 9.06. The second-order valence-corrected chi connectivity index (χ2v) is 7.15. The lowest BCUT2D eigenvalue weighted by Crippen LogP contribution is -2.24. The third-order valence-electron chi connectivity index (χ3n) is 3.82. The molecule has 2 aromatic rings. The van der Waals surface area contributed by atoms with Crippen molar-refractivity contribution in [3.63, 3.8) is 0 Å². The van der Waals surface area contributed by atoms with Crippen LogP contribution in [0.1, 0.15) is 31.4 Å². The number of amides is 2. The average molecular weight is 516 g/mol. The molecule has 0 aliphatic rings. The van der Waals surface area contributed by atoms with E-state index < -0.39 is 30.0 Å². The number of hydrazone groups is 1. The van der Waals surface area contributed by atoms with Gasteiger partial charge in [-0.05, 0) is 65.7 Å². The van der Waals surface area contributed by atoms with Crippen LogP contribution in [0, 0.1) is 0 Å². The third-order valence-corrected chi connectivity index (χ3v) is 4.41. The Morgan fingerprint density at radius 1 is 1.09 bits per heavy atom. The number of hydrogen-bond donors (Lipinski definition) is 2. The van der Waals surface area contributed by atoms with E-state index in [0.29, 0.717) is 34.7 Å². The SMILES string of the molecule is CCOc1cc(C=NNC(=O)CC(=O)Nc2cccc(C(F)(F)F)c2)cc(Br)c1OCC. The first-order chi connectivity index (χ1) is 15.1. The van der Waals surface area contributed by atoms with Crippen LogP contribution in [-0.4, -0.2) is 31.2 Å². The summed E-state index contributed by atoms with van der Waals surface area (Å²) in [7, 11) is 0. The summed E-state index contributed by atoms with van der Waals surface area (Å²) in [5.74, 6) is -0.473. The van der Waals surface area contributed by atoms with Crippen molar-refractivity contribution in [3.05, 3.63) is 52.0 Å². The van der Waals surface area contributed by atoms with E-state index in [-0.39, 0.29) is 5.69 Å². The van der Waals surface area contributed by atoms with Gasteiger partial charge in [-0.1, -0.05) is 6.07 Å². The molecule has 0 atom stereocenters. The molecule has 0 radical (unpaired) electrons. The van der Waals surface area contributed by atoms with E-state index >= 15 is 0 Å². The van der Waals surface area contributed by atoms with Gasteiger partial charge in [0.2, 0.25) is 11.8 Å². The van der Waals surface area contributed by atoms with Crippen LogP contribution in [0.5, 0.6) is 11.5 Å². The largest absolute Gasteiger partial charge is 0.490 e. The van der Waals surface area contributed by atoms with Gasteiger partial charge < -0.3 is 14.8 Å². The van der Waals surface area contributed by atoms with Crippen molar-refractivity contribution in [2.45, 2.75) is 26.4 Å². The summed E-state index contributed by atoms with van der Waals surface area (Å²) < 4.78 is 49.9. The van der Waals surface area contributed by atoms with E-state index in [1.165, 1.54) is 12.3 Å². The molecule has 0 saturated heterocycles. The zero-order valence-electron chi connectivity index (χ0n) is 17.3. The number of anilines is 1. The number of benzene rings is 2. The molecule has 7 nitrogen and oxygen atoms in total. The molecule has 0 fully saturated rings. The lowest BCUT2D eigenvalue weighted by atomic mass is 10.2. The van der Waals surface area contributed by atoms with Crippen LogP contribution in [0.4, 0.5) is 18.9 Å². The molecule has 0 aromatic heterocycles. The second kappa shape index (κ2) is 11.5. The Morgan fingerprint density at radius 3 is 2.47 bits per heavy atom. The van der Waals surface area contributed by atoms with Gasteiger partial charge in [-0.25, -0.2) is 5.43 Å². The number of rotatable bonds is 9. The highest BCUT2D eigenvalue weighted by atomic mass is 79.9. The van der Waals surface area contributed by atoms with Crippen LogP contribution in [-0.2, 0) is 15.8 Å². The molecule has 32 heavy (non-hydrogen) atoms. The summed E-state index contributed by atoms with van der Waals surface area (Å²) in [5.41, 5.74) is 1.82. The van der Waals surface area contributed by atoms with E-state index in [1.807, 2.05) is 13.8 Å². The minimum Gasteiger partial charge on any atom is -0.490 e. The molecular weight excluding hydrogens is 495 g/mol. The maximum atomic E-state index is 12.7. The number of ether oxygens (including phenoxy) is 2. The van der Waals surface area contributed by atoms with Gasteiger partial charge in [-0.3, -0.25) is 9.59 Å². The van der Waals surface area contributed by atoms with E-state index in [0.717, 1.165) is 18.2 Å². The van der Waals surface area contributed by atoms with Gasteiger partial charge in [-0.2, -0.15) is 18.3 Å². The molecular formula is C21H21BrF3N3O4. The van der Waals surface area contributed by atoms with Crippen LogP contribution in [0.25, 0.3) is 0 Å². The highest BCUT2D eigenvalue weighted by molar-refractivity contribution is 9.10. The zero-order valence-corrected chi connectivity index (χ0v) is 18.8. The number of carbonyl (C=O) groups is 2. The molecule has 0 aliphatic carbocycles. The second-order valence-electron chi connectivity index (χ2n) is 6.29. The van der Waals surface area contributed by atoms with Crippen molar-refractivity contribution in [2.24, 2.45) is 5.10 Å². The molecule has 0 heterocycles. The van der Waals surface area contributed by atoms with Crippen molar-refractivity contribution in [1.82, 2.24) is 5.43 Å². The maximum Gasteiger partial charge on any atom is 0.416 e. The predicted molar refractivity (Wildman–Crippen MR) is 117 cm³/mol. The highest BCUT2D eigenvalue weighted by Crippen LogP contribution is 2.36. The van der Waals surface area contributed by atoms with Gasteiger partial charge in [0.05, 0.1) is 29.5 Å². The summed E-state index contributed by atoms with van der Waals surface area (Å²) in [6.45, 7) is 4.54. The molecule has 2 rings (SSSR count). The van der Waals surface area contributed by atoms with Gasteiger partial charge in [-0.15, -0.1) is 0 Å². The van der Waals surface area contributed by atoms with Crippen molar-refractivity contribution in [3.8, 4) is 11.5 Å². The van der Waals surface area contributed by atoms with E-state index in [4.69, 9.17) is 9.47 Å². The van der Waals surface area contributed by atoms with E-state index in [1.54, 1.807) is 12.1 Å². The molecule has 0 spiro atoms. The lowest BCUT2D eigenvalue weighted by Gasteiger charge is -2.13. The zero-order chi connectivity index (χ0) is 23.7. The number of halogens is 4. The van der Waals surface area contributed by atoms with E-state index in [9.17, 15) is 22.8 Å². The van der Waals surface area contributed by atoms with Gasteiger partial charge in [0.1, 0.15) is 6.42 Å². The van der Waals surface area contributed by atoms with Gasteiger partial charge in [0, 0.05) is 5.69 Å². The molecule has 0 saturated carbocycles. The lowest BCUT2D eigenvalue weighted by molar-refractivity contribution is -0.137. The molecule has 0 unspecified atom stereocenters. The third kappa shape index (κ3) is 7.56. The van der Waals surface area contributed by atoms with E-state index in [2.05, 4.69) is 31.8 Å². The molecule has 0 aliphatic heterocycles. The normalized spacial score (nSPS) is 11.3. The Morgan fingerprint density at radius 2 is 1.81 bits per heavy atom. The summed E-state index contributed by atoms with van der Waals surface area (Å²) in [5, 5.41) is 6.05. The first-order valence-electron chi connectivity index (χ1n) is 9.52. The number of alkyl halides is 3. The number of carbonyl (C=O) groups excluding carboxylic acids is 2. The number of nitrogens with one attached hydrogen (secondary N) is 2. The fraction of sp³-hybridized carbons (Fsp3) is 0.286. The van der Waals surface area contributed by atoms with Crippen molar-refractivity contribution in [1.29, 1.82) is 0 Å². The minimum absolute atomic E-state index is 0.0659. The summed E-state index contributed by atoms with van der Waals surface area (Å²) in [4.78, 5) is 23.9. The molecule has 11 heteroatoms. The Labute approximate surface area is 191 Å². The summed E-state index contributed by atoms with van der Waals surface area (Å²) in [6.07, 6.45) is -3.80. The molecule has 2 aromatic carbocycles. The fourth-order valence-corrected chi connectivity index (χ4v) is 3.13. The quantitative estimate of drug-likeness (QED) is 0.286. The average Bonchev–Trinajstić information content (AvgIpc) is 2.70. The van der Waals surface area contributed by atoms with Crippen LogP contribution >= 0.6 is 15.9 Å². The van der Waals surface area contributed by atoms with Crippen LogP contribution in [0.3, 0.4) is 0 Å². The molecule has 2 N–H and O–H groups in total. The topological polar surface area (TPSA) is 89.0 Å². The predicted octanol–water partition coefficient (Wildman–Crippen LogP) is 4.74. The smallest absolute Gasteiger partial charge is 0.416 e. The first-order valence-corrected chi connectivity index (χ1v) is 10.3. The highest BCUT2D eigenvalue weighted by Gasteiger charge is 2.30. The van der Waals surface area contributed by atoms with Crippen molar-refractivity contribution in [2.75, 3.05) is 18.5 Å². The van der Waals surface area contributed by atoms with Gasteiger partial charge in [0.15, 0.2) is 11.5 Å². The molecule has 172 valence electrons. The fourth-order valence-electron chi connectivity index (χ4n) is 2.55. The summed E-state index contributed by atoms with van der Waals surface area (Å²) in [6, 6.07) is 7.51. The Bertz CT molecular complexity index is 997. The number of nitrogens with zero attached hydrogens (tertiary/aromatic N) is 1. The first kappa shape index (κ1) is 25.2. The van der Waals surface area contributed by atoms with Crippen LogP contribution < -0.4 is 20.2 Å². The number of hydrogen-bond acceptors (Lipinski definition) is 5. The molecule has 2 amide bonds. The monoisotopic (exact) mass is 515 g/mol. The van der Waals surface area contributed by atoms with Crippen molar-refractivity contribution >= 4 is 39.6 Å². The standard InChI is InChI=1S/C21H21BrF3N3O4/c1-3-31-17-9-13(8-16(22)20(17)32-4-2)12-26-28-19(30)11-18(29)27-15-7-5-6-14(10-15)21(23,24)25/h5-10,12H,3-4,11H2,1-2H3,(H,27,29)(H,28,30). The van der Waals surface area contributed by atoms with Gasteiger partial charge >= 0.3 is 6.18 Å². The summed E-state index contributed by atoms with van der Waals surface area (Å²) >= 11 is 3.39. The van der Waals surface area contributed by atoms with Gasteiger partial charge in [0.25, 0.3) is 0 Å². The van der Waals surface area contributed by atoms with Crippen LogP contribution in [0.2, 0.25) is 0 Å². The molecule has 0 bridgehead atoms. The Hall–Kier alpha value is -3.08. The Balaban J connectivity index is 1.96. The minimum atomic E-state index is -4.54. The van der Waals surface area contributed by atoms with Crippen molar-refractivity contribution < 1.29 is 32.2 Å². The van der Waals surface area contributed by atoms with Crippen LogP contribution in [0.15, 0.2) is 46.0 Å².